The lowest BCUT2D eigenvalue weighted by molar-refractivity contribution is 0.242. The fraction of sp³-hybridized carbons (Fsp3) is 0.538. The second-order valence-corrected chi connectivity index (χ2v) is 5.46. The summed E-state index contributed by atoms with van der Waals surface area (Å²) in [6.07, 6.45) is 1.44. The highest BCUT2D eigenvalue weighted by Gasteiger charge is 2.13. The Morgan fingerprint density at radius 1 is 1.35 bits per heavy atom. The van der Waals surface area contributed by atoms with Crippen molar-refractivity contribution >= 4 is 11.9 Å². The van der Waals surface area contributed by atoms with Crippen molar-refractivity contribution in [3.8, 4) is 5.75 Å². The van der Waals surface area contributed by atoms with Crippen molar-refractivity contribution in [2.75, 3.05) is 13.1 Å². The van der Waals surface area contributed by atoms with Crippen LogP contribution in [0.3, 0.4) is 0 Å². The summed E-state index contributed by atoms with van der Waals surface area (Å²) in [5, 5.41) is 3.34. The van der Waals surface area contributed by atoms with Gasteiger partial charge in [0.2, 0.25) is 0 Å². The highest BCUT2D eigenvalue weighted by molar-refractivity contribution is 7.97. The quantitative estimate of drug-likeness (QED) is 0.789. The van der Waals surface area contributed by atoms with Crippen LogP contribution in [0.15, 0.2) is 29.2 Å². The molecule has 1 fully saturated rings. The Hall–Kier alpha value is -0.710. The highest BCUT2D eigenvalue weighted by Crippen LogP contribution is 2.21. The minimum absolute atomic E-state index is 0.233. The van der Waals surface area contributed by atoms with Crippen molar-refractivity contribution in [2.45, 2.75) is 37.3 Å². The van der Waals surface area contributed by atoms with Crippen LogP contribution in [0.1, 0.15) is 20.3 Å². The molecule has 0 saturated carbocycles. The average molecular weight is 252 g/mol. The summed E-state index contributed by atoms with van der Waals surface area (Å²) in [6.45, 7) is 6.27. The van der Waals surface area contributed by atoms with E-state index in [9.17, 15) is 0 Å². The highest BCUT2D eigenvalue weighted by atomic mass is 32.2. The third kappa shape index (κ3) is 4.22. The number of hydrogen-bond acceptors (Lipinski definition) is 4. The maximum Gasteiger partial charge on any atom is 0.119 e. The lowest BCUT2D eigenvalue weighted by Gasteiger charge is -2.12. The van der Waals surface area contributed by atoms with Gasteiger partial charge in [0.1, 0.15) is 5.75 Å². The molecule has 1 aromatic rings. The third-order valence-electron chi connectivity index (χ3n) is 2.60. The third-order valence-corrected chi connectivity index (χ3v) is 3.56. The Bertz CT molecular complexity index is 334. The van der Waals surface area contributed by atoms with Crippen molar-refractivity contribution < 1.29 is 4.74 Å². The maximum absolute atomic E-state index is 5.61. The number of nitrogens with one attached hydrogen (secondary N) is 2. The molecule has 0 radical (unpaired) electrons. The molecular formula is C13H20N2OS. The van der Waals surface area contributed by atoms with Gasteiger partial charge in [0.15, 0.2) is 0 Å². The van der Waals surface area contributed by atoms with Crippen molar-refractivity contribution in [3.05, 3.63) is 24.3 Å². The molecule has 1 unspecified atom stereocenters. The molecule has 1 saturated heterocycles. The summed E-state index contributed by atoms with van der Waals surface area (Å²) < 4.78 is 9.08. The minimum atomic E-state index is 0.233. The molecule has 0 spiro atoms. The lowest BCUT2D eigenvalue weighted by atomic mass is 10.3. The molecular weight excluding hydrogens is 232 g/mol. The molecule has 3 nitrogen and oxygen atoms in total. The summed E-state index contributed by atoms with van der Waals surface area (Å²) in [4.78, 5) is 1.23. The van der Waals surface area contributed by atoms with Gasteiger partial charge in [0.25, 0.3) is 0 Å². The Labute approximate surface area is 107 Å². The molecule has 1 aliphatic heterocycles. The standard InChI is InChI=1S/C13H20N2OS/c1-10(2)16-12-3-5-13(6-4-12)17-15-11-7-8-14-9-11/h3-6,10-11,14-15H,7-9H2,1-2H3. The Morgan fingerprint density at radius 2 is 2.12 bits per heavy atom. The molecule has 94 valence electrons. The molecule has 0 aliphatic carbocycles. The van der Waals surface area contributed by atoms with Crippen LogP contribution in [-0.2, 0) is 0 Å². The molecule has 2 N–H and O–H groups in total. The van der Waals surface area contributed by atoms with E-state index in [1.54, 1.807) is 11.9 Å². The van der Waals surface area contributed by atoms with Crippen molar-refractivity contribution in [3.63, 3.8) is 0 Å². The lowest BCUT2D eigenvalue weighted by Crippen LogP contribution is -2.25. The normalized spacial score (nSPS) is 19.8. The zero-order chi connectivity index (χ0) is 12.1. The summed E-state index contributed by atoms with van der Waals surface area (Å²) in [6, 6.07) is 8.83. The van der Waals surface area contributed by atoms with Crippen LogP contribution in [0.2, 0.25) is 0 Å². The number of hydrogen-bond donors (Lipinski definition) is 2. The van der Waals surface area contributed by atoms with E-state index in [-0.39, 0.29) is 6.10 Å². The van der Waals surface area contributed by atoms with E-state index in [4.69, 9.17) is 4.74 Å². The van der Waals surface area contributed by atoms with Gasteiger partial charge >= 0.3 is 0 Å². The summed E-state index contributed by atoms with van der Waals surface area (Å²) in [5.41, 5.74) is 0. The first-order valence-electron chi connectivity index (χ1n) is 6.14. The van der Waals surface area contributed by atoms with E-state index < -0.39 is 0 Å². The van der Waals surface area contributed by atoms with Gasteiger partial charge in [-0.1, -0.05) is 0 Å². The van der Waals surface area contributed by atoms with Gasteiger partial charge in [-0.15, -0.1) is 0 Å². The average Bonchev–Trinajstić information content (AvgIpc) is 2.80. The van der Waals surface area contributed by atoms with Crippen LogP contribution in [-0.4, -0.2) is 25.2 Å². The fourth-order valence-electron chi connectivity index (χ4n) is 1.77. The number of ether oxygens (including phenoxy) is 1. The van der Waals surface area contributed by atoms with E-state index in [0.717, 1.165) is 18.8 Å². The van der Waals surface area contributed by atoms with Gasteiger partial charge in [0.05, 0.1) is 6.10 Å². The van der Waals surface area contributed by atoms with Crippen LogP contribution >= 0.6 is 11.9 Å². The van der Waals surface area contributed by atoms with E-state index in [1.165, 1.54) is 11.3 Å². The molecule has 0 aromatic heterocycles. The zero-order valence-electron chi connectivity index (χ0n) is 10.4. The molecule has 4 heteroatoms. The molecule has 1 aliphatic rings. The fourth-order valence-corrected chi connectivity index (χ4v) is 2.54. The molecule has 2 rings (SSSR count). The first-order chi connectivity index (χ1) is 8.24. The second-order valence-electron chi connectivity index (χ2n) is 4.55. The smallest absolute Gasteiger partial charge is 0.119 e. The van der Waals surface area contributed by atoms with Gasteiger partial charge in [0, 0.05) is 17.5 Å². The minimum Gasteiger partial charge on any atom is -0.491 e. The van der Waals surface area contributed by atoms with E-state index in [2.05, 4.69) is 22.2 Å². The SMILES string of the molecule is CC(C)Oc1ccc(SNC2CCNC2)cc1. The number of rotatable bonds is 5. The van der Waals surface area contributed by atoms with Gasteiger partial charge < -0.3 is 10.1 Å². The first-order valence-corrected chi connectivity index (χ1v) is 6.95. The Balaban J connectivity index is 1.80. The summed E-state index contributed by atoms with van der Waals surface area (Å²) in [7, 11) is 0. The van der Waals surface area contributed by atoms with Gasteiger partial charge in [-0.25, -0.2) is 0 Å². The predicted octanol–water partition coefficient (Wildman–Crippen LogP) is 2.43. The summed E-state index contributed by atoms with van der Waals surface area (Å²) >= 11 is 1.70. The van der Waals surface area contributed by atoms with Gasteiger partial charge in [-0.2, -0.15) is 0 Å². The van der Waals surface area contributed by atoms with Crippen molar-refractivity contribution in [1.82, 2.24) is 10.0 Å². The van der Waals surface area contributed by atoms with E-state index in [1.807, 2.05) is 26.0 Å². The molecule has 0 amide bonds. The first kappa shape index (κ1) is 12.7. The zero-order valence-corrected chi connectivity index (χ0v) is 11.2. The second kappa shape index (κ2) is 6.28. The van der Waals surface area contributed by atoms with Crippen LogP contribution < -0.4 is 14.8 Å². The van der Waals surface area contributed by atoms with Crippen LogP contribution in [0.25, 0.3) is 0 Å². The van der Waals surface area contributed by atoms with Crippen LogP contribution in [0, 0.1) is 0 Å². The molecule has 1 heterocycles. The Morgan fingerprint density at radius 3 is 2.71 bits per heavy atom. The van der Waals surface area contributed by atoms with Gasteiger partial charge in [-0.3, -0.25) is 4.72 Å². The predicted molar refractivity (Wildman–Crippen MR) is 72.5 cm³/mol. The molecule has 1 aromatic carbocycles. The molecule has 0 bridgehead atoms. The monoisotopic (exact) mass is 252 g/mol. The number of benzene rings is 1. The summed E-state index contributed by atoms with van der Waals surface area (Å²) in [5.74, 6) is 0.937. The van der Waals surface area contributed by atoms with E-state index >= 15 is 0 Å². The van der Waals surface area contributed by atoms with Gasteiger partial charge in [-0.05, 0) is 63.0 Å². The molecule has 17 heavy (non-hydrogen) atoms. The largest absolute Gasteiger partial charge is 0.491 e. The van der Waals surface area contributed by atoms with Crippen molar-refractivity contribution in [1.29, 1.82) is 0 Å². The molecule has 1 atom stereocenters. The topological polar surface area (TPSA) is 33.3 Å². The van der Waals surface area contributed by atoms with Crippen molar-refractivity contribution in [2.24, 2.45) is 0 Å². The van der Waals surface area contributed by atoms with E-state index in [0.29, 0.717) is 6.04 Å². The Kier molecular flexibility index (Phi) is 4.71. The van der Waals surface area contributed by atoms with Crippen LogP contribution in [0.5, 0.6) is 5.75 Å². The van der Waals surface area contributed by atoms with Crippen LogP contribution in [0.4, 0.5) is 0 Å². The maximum atomic E-state index is 5.61.